The van der Waals surface area contributed by atoms with Gasteiger partial charge in [0.25, 0.3) is 0 Å². The Morgan fingerprint density at radius 3 is 2.94 bits per heavy atom. The van der Waals surface area contributed by atoms with Crippen molar-refractivity contribution in [2.75, 3.05) is 19.6 Å². The molecule has 1 fully saturated rings. The van der Waals surface area contributed by atoms with E-state index in [1.807, 2.05) is 4.90 Å². The molecule has 6 nitrogen and oxygen atoms in total. The molecule has 1 N–H and O–H groups in total. The molecule has 6 heteroatoms. The lowest BCUT2D eigenvalue weighted by Crippen LogP contribution is -2.31. The zero-order valence-electron chi connectivity index (χ0n) is 10.7. The number of carbonyl (C=O) groups excluding carboxylic acids is 1. The fourth-order valence-electron chi connectivity index (χ4n) is 2.82. The van der Waals surface area contributed by atoms with Crippen molar-refractivity contribution < 1.29 is 4.79 Å². The van der Waals surface area contributed by atoms with Crippen molar-refractivity contribution in [2.45, 2.75) is 38.8 Å². The van der Waals surface area contributed by atoms with E-state index in [1.54, 1.807) is 6.92 Å². The van der Waals surface area contributed by atoms with Gasteiger partial charge < -0.3 is 14.8 Å². The van der Waals surface area contributed by atoms with Crippen LogP contribution in [0.1, 0.15) is 37.5 Å². The summed E-state index contributed by atoms with van der Waals surface area (Å²) in [6.07, 6.45) is 3.14. The van der Waals surface area contributed by atoms with E-state index in [0.29, 0.717) is 6.04 Å². The molecule has 1 aromatic heterocycles. The lowest BCUT2D eigenvalue weighted by molar-refractivity contribution is -0.128. The number of hydrogen-bond acceptors (Lipinski definition) is 4. The van der Waals surface area contributed by atoms with Crippen LogP contribution in [0, 0.1) is 0 Å². The monoisotopic (exact) mass is 249 g/mol. The maximum Gasteiger partial charge on any atom is 0.219 e. The Bertz CT molecular complexity index is 449. The van der Waals surface area contributed by atoms with Gasteiger partial charge in [0.1, 0.15) is 11.6 Å². The largest absolute Gasteiger partial charge is 0.341 e. The molecule has 2 aliphatic rings. The first kappa shape index (κ1) is 11.6. The van der Waals surface area contributed by atoms with Gasteiger partial charge in [0.05, 0.1) is 6.04 Å². The Labute approximate surface area is 106 Å². The second-order valence-electron chi connectivity index (χ2n) is 5.03. The van der Waals surface area contributed by atoms with Crippen LogP contribution < -0.4 is 5.32 Å². The first-order valence-electron chi connectivity index (χ1n) is 6.66. The maximum absolute atomic E-state index is 11.4. The van der Waals surface area contributed by atoms with Crippen molar-refractivity contribution in [3.8, 4) is 0 Å². The van der Waals surface area contributed by atoms with Gasteiger partial charge in [0.2, 0.25) is 5.91 Å². The molecule has 0 spiro atoms. The van der Waals surface area contributed by atoms with Crippen molar-refractivity contribution in [1.82, 2.24) is 25.0 Å². The number of carbonyl (C=O) groups is 1. The van der Waals surface area contributed by atoms with Crippen LogP contribution in [0.5, 0.6) is 0 Å². The third kappa shape index (κ3) is 2.01. The Hall–Kier alpha value is -1.43. The van der Waals surface area contributed by atoms with Crippen LogP contribution in [0.25, 0.3) is 0 Å². The molecule has 2 aliphatic heterocycles. The first-order valence-corrected chi connectivity index (χ1v) is 6.66. The summed E-state index contributed by atoms with van der Waals surface area (Å²) in [5.74, 6) is 2.21. The van der Waals surface area contributed by atoms with Crippen LogP contribution in [0.2, 0.25) is 0 Å². The highest BCUT2D eigenvalue weighted by molar-refractivity contribution is 5.73. The lowest BCUT2D eigenvalue weighted by atomic mass is 10.2. The number of amides is 1. The van der Waals surface area contributed by atoms with E-state index in [9.17, 15) is 4.79 Å². The molecular formula is C12H19N5O. The highest BCUT2D eigenvalue weighted by Crippen LogP contribution is 2.23. The molecule has 0 bridgehead atoms. The topological polar surface area (TPSA) is 63.1 Å². The van der Waals surface area contributed by atoms with Gasteiger partial charge in [-0.2, -0.15) is 0 Å². The molecule has 0 saturated carbocycles. The molecule has 1 saturated heterocycles. The number of aromatic nitrogens is 3. The van der Waals surface area contributed by atoms with Crippen LogP contribution in [0.4, 0.5) is 0 Å². The smallest absolute Gasteiger partial charge is 0.219 e. The van der Waals surface area contributed by atoms with Gasteiger partial charge in [-0.3, -0.25) is 4.79 Å². The summed E-state index contributed by atoms with van der Waals surface area (Å²) < 4.78 is 2.20. The van der Waals surface area contributed by atoms with Gasteiger partial charge in [-0.25, -0.2) is 0 Å². The Morgan fingerprint density at radius 2 is 2.22 bits per heavy atom. The van der Waals surface area contributed by atoms with Crippen LogP contribution in [0.15, 0.2) is 0 Å². The molecule has 3 rings (SSSR count). The Balaban J connectivity index is 1.82. The van der Waals surface area contributed by atoms with E-state index >= 15 is 0 Å². The summed E-state index contributed by atoms with van der Waals surface area (Å²) in [6.45, 7) is 5.03. The molecule has 1 atom stereocenters. The van der Waals surface area contributed by atoms with Gasteiger partial charge in [0, 0.05) is 33.0 Å². The van der Waals surface area contributed by atoms with E-state index in [4.69, 9.17) is 0 Å². The van der Waals surface area contributed by atoms with Gasteiger partial charge in [-0.05, 0) is 19.4 Å². The maximum atomic E-state index is 11.4. The van der Waals surface area contributed by atoms with Crippen LogP contribution in [-0.4, -0.2) is 45.2 Å². The average Bonchev–Trinajstić information content (AvgIpc) is 2.94. The average molecular weight is 249 g/mol. The molecule has 3 heterocycles. The standard InChI is InChI=1S/C12H19N5O/c1-9(18)16-6-4-11-14-15-12(17(11)8-7-16)10-3-2-5-13-10/h10,13H,2-8H2,1H3/t10-/m0/s1. The third-order valence-electron chi connectivity index (χ3n) is 3.87. The quantitative estimate of drug-likeness (QED) is 0.767. The summed E-state index contributed by atoms with van der Waals surface area (Å²) in [5.41, 5.74) is 0. The summed E-state index contributed by atoms with van der Waals surface area (Å²) in [7, 11) is 0. The second kappa shape index (κ2) is 4.68. The fraction of sp³-hybridized carbons (Fsp3) is 0.750. The van der Waals surface area contributed by atoms with Crippen molar-refractivity contribution in [1.29, 1.82) is 0 Å². The zero-order valence-corrected chi connectivity index (χ0v) is 10.7. The van der Waals surface area contributed by atoms with E-state index < -0.39 is 0 Å². The molecule has 0 aromatic carbocycles. The Kier molecular flexibility index (Phi) is 3.03. The fourth-order valence-corrected chi connectivity index (χ4v) is 2.82. The minimum atomic E-state index is 0.147. The predicted molar refractivity (Wildman–Crippen MR) is 66.0 cm³/mol. The van der Waals surface area contributed by atoms with Crippen molar-refractivity contribution in [2.24, 2.45) is 0 Å². The number of rotatable bonds is 1. The molecule has 0 aliphatic carbocycles. The van der Waals surface area contributed by atoms with E-state index in [1.165, 1.54) is 6.42 Å². The van der Waals surface area contributed by atoms with Crippen LogP contribution in [0.3, 0.4) is 0 Å². The van der Waals surface area contributed by atoms with E-state index in [-0.39, 0.29) is 5.91 Å². The van der Waals surface area contributed by atoms with Crippen LogP contribution >= 0.6 is 0 Å². The molecule has 0 unspecified atom stereocenters. The molecule has 1 amide bonds. The number of nitrogens with one attached hydrogen (secondary N) is 1. The normalized spacial score (nSPS) is 23.8. The molecule has 98 valence electrons. The summed E-state index contributed by atoms with van der Waals surface area (Å²) in [5, 5.41) is 12.1. The number of nitrogens with zero attached hydrogens (tertiary/aromatic N) is 4. The highest BCUT2D eigenvalue weighted by atomic mass is 16.2. The minimum Gasteiger partial charge on any atom is -0.341 e. The second-order valence-corrected chi connectivity index (χ2v) is 5.03. The van der Waals surface area contributed by atoms with Gasteiger partial charge in [-0.15, -0.1) is 10.2 Å². The van der Waals surface area contributed by atoms with Gasteiger partial charge >= 0.3 is 0 Å². The third-order valence-corrected chi connectivity index (χ3v) is 3.87. The first-order chi connectivity index (χ1) is 8.75. The van der Waals surface area contributed by atoms with E-state index in [0.717, 1.165) is 50.7 Å². The summed E-state index contributed by atoms with van der Waals surface area (Å²) in [6, 6.07) is 0.343. The van der Waals surface area contributed by atoms with Gasteiger partial charge in [-0.1, -0.05) is 0 Å². The Morgan fingerprint density at radius 1 is 1.33 bits per heavy atom. The predicted octanol–water partition coefficient (Wildman–Crippen LogP) is 0.107. The summed E-state index contributed by atoms with van der Waals surface area (Å²) >= 11 is 0. The molecule has 0 radical (unpaired) electrons. The molecule has 1 aromatic rings. The van der Waals surface area contributed by atoms with Crippen molar-refractivity contribution in [3.05, 3.63) is 11.6 Å². The van der Waals surface area contributed by atoms with Crippen molar-refractivity contribution in [3.63, 3.8) is 0 Å². The SMILES string of the molecule is CC(=O)N1CCc2nnc([C@@H]3CCCN3)n2CC1. The van der Waals surface area contributed by atoms with Gasteiger partial charge in [0.15, 0.2) is 0 Å². The lowest BCUT2D eigenvalue weighted by Gasteiger charge is -2.18. The van der Waals surface area contributed by atoms with Crippen LogP contribution in [-0.2, 0) is 17.8 Å². The van der Waals surface area contributed by atoms with Crippen molar-refractivity contribution >= 4 is 5.91 Å². The molecular weight excluding hydrogens is 230 g/mol. The zero-order chi connectivity index (χ0) is 12.5. The number of hydrogen-bond donors (Lipinski definition) is 1. The van der Waals surface area contributed by atoms with E-state index in [2.05, 4.69) is 20.1 Å². The highest BCUT2D eigenvalue weighted by Gasteiger charge is 2.26. The summed E-state index contributed by atoms with van der Waals surface area (Å²) in [4.78, 5) is 13.3. The molecule has 18 heavy (non-hydrogen) atoms. The number of fused-ring (bicyclic) bond motifs is 1. The minimum absolute atomic E-state index is 0.147.